The Hall–Kier alpha value is -2.90. The van der Waals surface area contributed by atoms with Crippen molar-refractivity contribution in [3.05, 3.63) is 69.3 Å². The highest BCUT2D eigenvalue weighted by atomic mass is 19.3. The molecule has 2 nitrogen and oxygen atoms in total. The van der Waals surface area contributed by atoms with Gasteiger partial charge >= 0.3 is 24.1 Å². The molecule has 0 N–H and O–H groups in total. The lowest BCUT2D eigenvalue weighted by Gasteiger charge is -2.29. The van der Waals surface area contributed by atoms with Gasteiger partial charge in [0.2, 0.25) is 11.6 Å². The summed E-state index contributed by atoms with van der Waals surface area (Å²) in [6.07, 6.45) is -11.9. The molecule has 2 rings (SSSR count). The van der Waals surface area contributed by atoms with Crippen LogP contribution in [0.3, 0.4) is 0 Å². The first kappa shape index (κ1) is 31.3. The molecule has 0 saturated heterocycles. The first-order valence-electron chi connectivity index (χ1n) is 8.84. The predicted molar refractivity (Wildman–Crippen MR) is 82.1 cm³/mol. The number of ether oxygens (including phenoxy) is 2. The van der Waals surface area contributed by atoms with Gasteiger partial charge in [0.1, 0.15) is 24.3 Å². The van der Waals surface area contributed by atoms with Crippen LogP contribution in [0.2, 0.25) is 0 Å². The molecule has 0 bridgehead atoms. The summed E-state index contributed by atoms with van der Waals surface area (Å²) in [7, 11) is 0. The molecular weight excluding hydrogens is 590 g/mol. The average molecular weight is 594 g/mol. The maximum absolute atomic E-state index is 13.8. The molecule has 0 fully saturated rings. The second-order valence-corrected chi connectivity index (χ2v) is 6.91. The molecule has 214 valence electrons. The number of rotatable bonds is 9. The van der Waals surface area contributed by atoms with Gasteiger partial charge in [-0.2, -0.15) is 35.1 Å². The number of hydrogen-bond donors (Lipinski definition) is 0. The third kappa shape index (κ3) is 5.32. The summed E-state index contributed by atoms with van der Waals surface area (Å²) in [6.45, 7) is -6.83. The quantitative estimate of drug-likeness (QED) is 0.174. The Bertz CT molecular complexity index is 1090. The molecule has 2 aromatic rings. The van der Waals surface area contributed by atoms with E-state index < -0.39 is 107 Å². The zero-order valence-electron chi connectivity index (χ0n) is 17.0. The van der Waals surface area contributed by atoms with Crippen LogP contribution < -0.4 is 0 Å². The van der Waals surface area contributed by atoms with Gasteiger partial charge in [-0.15, -0.1) is 0 Å². The highest BCUT2D eigenvalue weighted by Crippen LogP contribution is 2.43. The van der Waals surface area contributed by atoms with Crippen LogP contribution in [0.25, 0.3) is 0 Å². The molecule has 0 aromatic heterocycles. The summed E-state index contributed by atoms with van der Waals surface area (Å²) < 4.78 is 248. The van der Waals surface area contributed by atoms with Gasteiger partial charge in [-0.05, 0) is 0 Å². The third-order valence-electron chi connectivity index (χ3n) is 4.41. The van der Waals surface area contributed by atoms with Gasteiger partial charge in [0, 0.05) is 0 Å². The summed E-state index contributed by atoms with van der Waals surface area (Å²) in [6, 6.07) is 0. The molecule has 0 amide bonds. The van der Waals surface area contributed by atoms with E-state index in [9.17, 15) is 79.0 Å². The van der Waals surface area contributed by atoms with Crippen molar-refractivity contribution in [3.63, 3.8) is 0 Å². The zero-order valence-corrected chi connectivity index (χ0v) is 17.0. The van der Waals surface area contributed by atoms with Crippen LogP contribution in [0.15, 0.2) is 0 Å². The fraction of sp³-hybridized carbons (Fsp3) is 0.333. The Morgan fingerprint density at radius 1 is 0.342 bits per heavy atom. The lowest BCUT2D eigenvalue weighted by Crippen LogP contribution is -2.49. The fourth-order valence-electron chi connectivity index (χ4n) is 2.44. The van der Waals surface area contributed by atoms with Crippen LogP contribution in [-0.4, -0.2) is 25.1 Å². The minimum absolute atomic E-state index is 2.87. The number of alkyl halides is 8. The van der Waals surface area contributed by atoms with Crippen molar-refractivity contribution in [2.45, 2.75) is 24.1 Å². The molecule has 0 aliphatic rings. The average Bonchev–Trinajstić information content (AvgIpc) is 2.81. The lowest BCUT2D eigenvalue weighted by molar-refractivity contribution is -0.337. The standard InChI is InChI=1S/C18H4F18O2/c19-5-3(6(20)10(24)13(27)9(5)23)17(33,34)37-1-15(29,30)16(31,32)2-38-18(35,36)4-7(21)11(25)14(28)12(26)8(4)22/h1-2H2. The highest BCUT2D eigenvalue weighted by Gasteiger charge is 2.60. The summed E-state index contributed by atoms with van der Waals surface area (Å²) in [5, 5.41) is 0. The third-order valence-corrected chi connectivity index (χ3v) is 4.41. The molecule has 2 aromatic carbocycles. The van der Waals surface area contributed by atoms with Crippen LogP contribution in [0.5, 0.6) is 0 Å². The van der Waals surface area contributed by atoms with E-state index in [1.54, 1.807) is 0 Å². The van der Waals surface area contributed by atoms with Gasteiger partial charge in [-0.25, -0.2) is 43.9 Å². The van der Waals surface area contributed by atoms with Crippen LogP contribution in [0.1, 0.15) is 11.1 Å². The number of halogens is 18. The largest absolute Gasteiger partial charge is 0.389 e. The van der Waals surface area contributed by atoms with Crippen molar-refractivity contribution in [2.24, 2.45) is 0 Å². The Labute approximate surface area is 196 Å². The van der Waals surface area contributed by atoms with Gasteiger partial charge < -0.3 is 9.47 Å². The summed E-state index contributed by atoms with van der Waals surface area (Å²) in [5.74, 6) is -43.7. The van der Waals surface area contributed by atoms with Crippen molar-refractivity contribution in [1.82, 2.24) is 0 Å². The monoisotopic (exact) mass is 594 g/mol. The Morgan fingerprint density at radius 3 is 0.737 bits per heavy atom. The van der Waals surface area contributed by atoms with Crippen molar-refractivity contribution >= 4 is 0 Å². The maximum Gasteiger partial charge on any atom is 0.389 e. The van der Waals surface area contributed by atoms with Crippen LogP contribution in [0, 0.1) is 58.2 Å². The van der Waals surface area contributed by atoms with E-state index in [0.29, 0.717) is 0 Å². The molecule has 38 heavy (non-hydrogen) atoms. The fourth-order valence-corrected chi connectivity index (χ4v) is 2.44. The molecule has 0 atom stereocenters. The highest BCUT2D eigenvalue weighted by molar-refractivity contribution is 5.27. The van der Waals surface area contributed by atoms with Gasteiger partial charge in [0.25, 0.3) is 0 Å². The van der Waals surface area contributed by atoms with E-state index in [1.807, 2.05) is 0 Å². The van der Waals surface area contributed by atoms with Crippen molar-refractivity contribution in [2.75, 3.05) is 13.2 Å². The zero-order chi connectivity index (χ0) is 29.8. The molecular formula is C18H4F18O2. The second-order valence-electron chi connectivity index (χ2n) is 6.91. The molecule has 0 aliphatic carbocycles. The summed E-state index contributed by atoms with van der Waals surface area (Å²) in [4.78, 5) is 0. The van der Waals surface area contributed by atoms with Gasteiger partial charge in [0.05, 0.1) is 0 Å². The molecule has 0 spiro atoms. The smallest absolute Gasteiger partial charge is 0.310 e. The Kier molecular flexibility index (Phi) is 8.25. The van der Waals surface area contributed by atoms with Gasteiger partial charge in [-0.3, -0.25) is 0 Å². The first-order chi connectivity index (χ1) is 17.0. The van der Waals surface area contributed by atoms with Crippen LogP contribution in [0.4, 0.5) is 79.0 Å². The van der Waals surface area contributed by atoms with E-state index in [2.05, 4.69) is 9.47 Å². The van der Waals surface area contributed by atoms with E-state index in [0.717, 1.165) is 0 Å². The predicted octanol–water partition coefficient (Wildman–Crippen LogP) is 7.18. The number of benzene rings is 2. The SMILES string of the molecule is Fc1c(F)c(F)c(C(F)(F)OCC(F)(F)C(F)(F)COC(F)(F)c2c(F)c(F)c(F)c(F)c2F)c(F)c1F. The number of hydrogen-bond acceptors (Lipinski definition) is 2. The Morgan fingerprint density at radius 2 is 0.526 bits per heavy atom. The Balaban J connectivity index is 2.30. The van der Waals surface area contributed by atoms with Gasteiger partial charge in [0.15, 0.2) is 46.5 Å². The van der Waals surface area contributed by atoms with E-state index in [1.165, 1.54) is 0 Å². The van der Waals surface area contributed by atoms with Crippen molar-refractivity contribution in [3.8, 4) is 0 Å². The maximum atomic E-state index is 13.8. The summed E-state index contributed by atoms with van der Waals surface area (Å²) in [5.41, 5.74) is -6.41. The molecule has 0 heterocycles. The van der Waals surface area contributed by atoms with Gasteiger partial charge in [-0.1, -0.05) is 0 Å². The molecule has 0 unspecified atom stereocenters. The minimum atomic E-state index is -6.15. The topological polar surface area (TPSA) is 18.5 Å². The normalized spacial score (nSPS) is 13.4. The minimum Gasteiger partial charge on any atom is -0.310 e. The lowest BCUT2D eigenvalue weighted by atomic mass is 10.1. The van der Waals surface area contributed by atoms with Crippen LogP contribution in [-0.2, 0) is 21.7 Å². The van der Waals surface area contributed by atoms with Crippen LogP contribution >= 0.6 is 0 Å². The molecule has 0 saturated carbocycles. The van der Waals surface area contributed by atoms with Crippen molar-refractivity contribution < 1.29 is 88.5 Å². The first-order valence-corrected chi connectivity index (χ1v) is 8.84. The van der Waals surface area contributed by atoms with Crippen molar-refractivity contribution in [1.29, 1.82) is 0 Å². The molecule has 0 radical (unpaired) electrons. The summed E-state index contributed by atoms with van der Waals surface area (Å²) >= 11 is 0. The van der Waals surface area contributed by atoms with E-state index in [-0.39, 0.29) is 0 Å². The van der Waals surface area contributed by atoms with E-state index in [4.69, 9.17) is 0 Å². The second kappa shape index (κ2) is 10.0. The van der Waals surface area contributed by atoms with E-state index >= 15 is 0 Å². The molecule has 20 heteroatoms. The molecule has 0 aliphatic heterocycles.